The van der Waals surface area contributed by atoms with E-state index in [0.717, 1.165) is 30.6 Å². The minimum Gasteiger partial charge on any atom is -0.376 e. The summed E-state index contributed by atoms with van der Waals surface area (Å²) in [6.45, 7) is 4.17. The maximum atomic E-state index is 12.2. The van der Waals surface area contributed by atoms with Crippen LogP contribution < -0.4 is 5.32 Å². The lowest BCUT2D eigenvalue weighted by atomic mass is 10.1. The lowest BCUT2D eigenvalue weighted by Gasteiger charge is -2.23. The van der Waals surface area contributed by atoms with E-state index in [2.05, 4.69) is 21.5 Å². The van der Waals surface area contributed by atoms with Gasteiger partial charge in [0.05, 0.1) is 19.3 Å². The highest BCUT2D eigenvalue weighted by Crippen LogP contribution is 2.13. The molecule has 0 aliphatic carbocycles. The number of benzene rings is 1. The van der Waals surface area contributed by atoms with Gasteiger partial charge in [-0.15, -0.1) is 0 Å². The number of rotatable bonds is 8. The molecule has 7 heteroatoms. The third kappa shape index (κ3) is 5.64. The van der Waals surface area contributed by atoms with E-state index in [0.29, 0.717) is 19.7 Å². The summed E-state index contributed by atoms with van der Waals surface area (Å²) in [4.78, 5) is 16.2. The van der Waals surface area contributed by atoms with Crippen LogP contribution in [0, 0.1) is 0 Å². The Hall–Kier alpha value is -2.25. The largest absolute Gasteiger partial charge is 0.376 e. The molecule has 1 N–H and O–H groups in total. The fourth-order valence-corrected chi connectivity index (χ4v) is 2.94. The van der Waals surface area contributed by atoms with E-state index in [1.54, 1.807) is 17.9 Å². The van der Waals surface area contributed by atoms with Crippen molar-refractivity contribution in [2.75, 3.05) is 13.2 Å². The van der Waals surface area contributed by atoms with Gasteiger partial charge in [-0.1, -0.05) is 24.3 Å². The molecule has 26 heavy (non-hydrogen) atoms. The Morgan fingerprint density at radius 1 is 1.42 bits per heavy atom. The second-order valence-corrected chi connectivity index (χ2v) is 6.59. The van der Waals surface area contributed by atoms with E-state index in [1.807, 2.05) is 18.2 Å². The molecule has 2 aromatic rings. The fraction of sp³-hybridized carbons (Fsp3) is 0.526. The van der Waals surface area contributed by atoms with Crippen LogP contribution in [-0.4, -0.2) is 46.1 Å². The van der Waals surface area contributed by atoms with Gasteiger partial charge >= 0.3 is 0 Å². The van der Waals surface area contributed by atoms with Crippen molar-refractivity contribution < 1.29 is 14.3 Å². The zero-order chi connectivity index (χ0) is 18.2. The highest BCUT2D eigenvalue weighted by Gasteiger charge is 2.18. The van der Waals surface area contributed by atoms with Gasteiger partial charge in [-0.05, 0) is 37.3 Å². The van der Waals surface area contributed by atoms with Gasteiger partial charge in [0.2, 0.25) is 5.91 Å². The summed E-state index contributed by atoms with van der Waals surface area (Å²) in [5.41, 5.74) is 2.15. The number of hydrogen-bond acceptors (Lipinski definition) is 5. The number of carbonyl (C=O) groups is 1. The number of nitrogens with zero attached hydrogens (tertiary/aromatic N) is 3. The van der Waals surface area contributed by atoms with Crippen LogP contribution in [0.25, 0.3) is 0 Å². The van der Waals surface area contributed by atoms with E-state index in [-0.39, 0.29) is 12.0 Å². The standard InChI is InChI=1S/C19H26N4O3/c1-15(26-12-18-7-2-3-8-25-18)19(24)21-10-16-5-4-6-17(9-16)11-23-14-20-13-22-23/h4-6,9,13-15,18H,2-3,7-8,10-12H2,1H3,(H,21,24). The van der Waals surface area contributed by atoms with Crippen molar-refractivity contribution in [3.8, 4) is 0 Å². The van der Waals surface area contributed by atoms with Gasteiger partial charge in [0, 0.05) is 13.2 Å². The first-order chi connectivity index (χ1) is 12.7. The molecule has 140 valence electrons. The second kappa shape index (κ2) is 9.45. The van der Waals surface area contributed by atoms with E-state index >= 15 is 0 Å². The lowest BCUT2D eigenvalue weighted by molar-refractivity contribution is -0.135. The molecule has 1 amide bonds. The van der Waals surface area contributed by atoms with Gasteiger partial charge < -0.3 is 14.8 Å². The van der Waals surface area contributed by atoms with Crippen molar-refractivity contribution in [3.05, 3.63) is 48.0 Å². The Morgan fingerprint density at radius 3 is 3.08 bits per heavy atom. The normalized spacial score (nSPS) is 18.4. The Balaban J connectivity index is 1.43. The highest BCUT2D eigenvalue weighted by molar-refractivity contribution is 5.80. The minimum atomic E-state index is -0.487. The molecule has 2 atom stereocenters. The molecule has 7 nitrogen and oxygen atoms in total. The van der Waals surface area contributed by atoms with Crippen LogP contribution in [0.15, 0.2) is 36.9 Å². The minimum absolute atomic E-state index is 0.109. The quantitative estimate of drug-likeness (QED) is 0.780. The van der Waals surface area contributed by atoms with Crippen LogP contribution in [-0.2, 0) is 27.4 Å². The zero-order valence-electron chi connectivity index (χ0n) is 15.1. The molecule has 2 unspecified atom stereocenters. The van der Waals surface area contributed by atoms with Crippen LogP contribution in [0.5, 0.6) is 0 Å². The number of carbonyl (C=O) groups excluding carboxylic acids is 1. The summed E-state index contributed by atoms with van der Waals surface area (Å²) in [5.74, 6) is -0.109. The Morgan fingerprint density at radius 2 is 2.31 bits per heavy atom. The van der Waals surface area contributed by atoms with Gasteiger partial charge in [0.15, 0.2) is 0 Å². The molecule has 0 bridgehead atoms. The zero-order valence-corrected chi connectivity index (χ0v) is 15.1. The van der Waals surface area contributed by atoms with Gasteiger partial charge in [-0.3, -0.25) is 4.79 Å². The summed E-state index contributed by atoms with van der Waals surface area (Å²) >= 11 is 0. The van der Waals surface area contributed by atoms with Crippen LogP contribution in [0.3, 0.4) is 0 Å². The molecule has 2 heterocycles. The van der Waals surface area contributed by atoms with E-state index < -0.39 is 6.10 Å². The SMILES string of the molecule is CC(OCC1CCCCO1)C(=O)NCc1cccc(Cn2cncn2)c1. The molecule has 3 rings (SSSR count). The van der Waals surface area contributed by atoms with Gasteiger partial charge in [0.25, 0.3) is 0 Å². The summed E-state index contributed by atoms with van der Waals surface area (Å²) < 4.78 is 13.1. The van der Waals surface area contributed by atoms with Gasteiger partial charge in [0.1, 0.15) is 18.8 Å². The topological polar surface area (TPSA) is 78.3 Å². The van der Waals surface area contributed by atoms with Gasteiger partial charge in [-0.2, -0.15) is 5.10 Å². The van der Waals surface area contributed by atoms with Crippen molar-refractivity contribution in [1.29, 1.82) is 0 Å². The first-order valence-corrected chi connectivity index (χ1v) is 9.12. The third-order valence-electron chi connectivity index (χ3n) is 4.44. The van der Waals surface area contributed by atoms with Crippen molar-refractivity contribution in [3.63, 3.8) is 0 Å². The summed E-state index contributed by atoms with van der Waals surface area (Å²) in [7, 11) is 0. The summed E-state index contributed by atoms with van der Waals surface area (Å²) in [6, 6.07) is 8.06. The highest BCUT2D eigenvalue weighted by atomic mass is 16.5. The monoisotopic (exact) mass is 358 g/mol. The first kappa shape index (κ1) is 18.5. The number of aromatic nitrogens is 3. The number of nitrogens with one attached hydrogen (secondary N) is 1. The summed E-state index contributed by atoms with van der Waals surface area (Å²) in [5, 5.41) is 7.04. The van der Waals surface area contributed by atoms with Crippen LogP contribution >= 0.6 is 0 Å². The van der Waals surface area contributed by atoms with Crippen molar-refractivity contribution >= 4 is 5.91 Å². The molecule has 1 aliphatic rings. The third-order valence-corrected chi connectivity index (χ3v) is 4.44. The Labute approximate surface area is 153 Å². The lowest BCUT2D eigenvalue weighted by Crippen LogP contribution is -2.36. The fourth-order valence-electron chi connectivity index (χ4n) is 2.94. The van der Waals surface area contributed by atoms with E-state index in [9.17, 15) is 4.79 Å². The molecule has 1 aromatic heterocycles. The number of amides is 1. The number of ether oxygens (including phenoxy) is 2. The Kier molecular flexibility index (Phi) is 6.74. The molecule has 1 fully saturated rings. The first-order valence-electron chi connectivity index (χ1n) is 9.12. The molecule has 1 aromatic carbocycles. The van der Waals surface area contributed by atoms with Crippen LogP contribution in [0.1, 0.15) is 37.3 Å². The molecular formula is C19H26N4O3. The van der Waals surface area contributed by atoms with Crippen molar-refractivity contribution in [2.24, 2.45) is 0 Å². The molecule has 1 aliphatic heterocycles. The van der Waals surface area contributed by atoms with Crippen molar-refractivity contribution in [2.45, 2.75) is 51.5 Å². The summed E-state index contributed by atoms with van der Waals surface area (Å²) in [6.07, 6.45) is 6.12. The molecule has 0 spiro atoms. The van der Waals surface area contributed by atoms with Crippen LogP contribution in [0.2, 0.25) is 0 Å². The number of hydrogen-bond donors (Lipinski definition) is 1. The second-order valence-electron chi connectivity index (χ2n) is 6.59. The maximum absolute atomic E-state index is 12.2. The van der Waals surface area contributed by atoms with E-state index in [1.165, 1.54) is 12.7 Å². The molecule has 0 saturated carbocycles. The van der Waals surface area contributed by atoms with Crippen LogP contribution in [0.4, 0.5) is 0 Å². The smallest absolute Gasteiger partial charge is 0.249 e. The van der Waals surface area contributed by atoms with Crippen molar-refractivity contribution in [1.82, 2.24) is 20.1 Å². The van der Waals surface area contributed by atoms with E-state index in [4.69, 9.17) is 9.47 Å². The molecule has 0 radical (unpaired) electrons. The predicted octanol–water partition coefficient (Wildman–Crippen LogP) is 1.92. The Bertz CT molecular complexity index is 684. The van der Waals surface area contributed by atoms with Gasteiger partial charge in [-0.25, -0.2) is 9.67 Å². The average Bonchev–Trinajstić information content (AvgIpc) is 3.18. The predicted molar refractivity (Wildman–Crippen MR) is 96.4 cm³/mol. The molecule has 1 saturated heterocycles. The molecular weight excluding hydrogens is 332 g/mol. The average molecular weight is 358 g/mol. The maximum Gasteiger partial charge on any atom is 0.249 e.